The smallest absolute Gasteiger partial charge is 0.256 e. The van der Waals surface area contributed by atoms with Crippen molar-refractivity contribution >= 4 is 51.5 Å². The third-order valence-electron chi connectivity index (χ3n) is 6.97. The number of fused-ring (bicyclic) bond motifs is 1. The van der Waals surface area contributed by atoms with Crippen molar-refractivity contribution in [2.75, 3.05) is 50.6 Å². The molecule has 0 radical (unpaired) electrons. The standard InChI is InChI=1S/C29H29Cl2N5O3/c1-17(2)35-11-13-36(14-12-35)20-8-5-18(6-9-20)29(37)32-28-21-10-7-19(15-22(21)33-34-28)25-26(30)23(38-3)16-24(39-4)27(25)31/h5-10,15-16H,1,11-14H2,2-4H3,(H2,32,33,34,37). The Hall–Kier alpha value is -3.88. The Morgan fingerprint density at radius 2 is 1.62 bits per heavy atom. The van der Waals surface area contributed by atoms with Gasteiger partial charge in [-0.3, -0.25) is 9.89 Å². The molecule has 1 saturated heterocycles. The van der Waals surface area contributed by atoms with Crippen molar-refractivity contribution < 1.29 is 14.3 Å². The fourth-order valence-electron chi connectivity index (χ4n) is 4.76. The summed E-state index contributed by atoms with van der Waals surface area (Å²) in [5.74, 6) is 1.09. The molecule has 3 aromatic carbocycles. The van der Waals surface area contributed by atoms with E-state index in [1.54, 1.807) is 6.07 Å². The molecule has 5 rings (SSSR count). The number of aromatic amines is 1. The second kappa shape index (κ2) is 11.1. The summed E-state index contributed by atoms with van der Waals surface area (Å²) in [4.78, 5) is 17.6. The van der Waals surface area contributed by atoms with Crippen molar-refractivity contribution in [3.8, 4) is 22.6 Å². The zero-order valence-electron chi connectivity index (χ0n) is 22.0. The zero-order valence-corrected chi connectivity index (χ0v) is 23.5. The lowest BCUT2D eigenvalue weighted by Crippen LogP contribution is -2.45. The van der Waals surface area contributed by atoms with Crippen LogP contribution in [-0.4, -0.2) is 61.4 Å². The number of methoxy groups -OCH3 is 2. The number of amides is 1. The average Bonchev–Trinajstić information content (AvgIpc) is 3.35. The summed E-state index contributed by atoms with van der Waals surface area (Å²) in [6.07, 6.45) is 0. The Kier molecular flexibility index (Phi) is 7.59. The molecule has 1 aliphatic rings. The van der Waals surface area contributed by atoms with Gasteiger partial charge in [-0.05, 0) is 48.9 Å². The molecule has 1 fully saturated rings. The Bertz CT molecular complexity index is 1510. The lowest BCUT2D eigenvalue weighted by molar-refractivity contribution is 0.102. The van der Waals surface area contributed by atoms with Gasteiger partial charge in [-0.1, -0.05) is 35.8 Å². The van der Waals surface area contributed by atoms with Crippen molar-refractivity contribution in [2.24, 2.45) is 0 Å². The van der Waals surface area contributed by atoms with Gasteiger partial charge in [0.05, 0.1) is 29.8 Å². The van der Waals surface area contributed by atoms with Crippen LogP contribution in [-0.2, 0) is 0 Å². The number of allylic oxidation sites excluding steroid dienone is 1. The molecule has 0 aliphatic carbocycles. The highest BCUT2D eigenvalue weighted by Gasteiger charge is 2.21. The molecule has 39 heavy (non-hydrogen) atoms. The molecule has 0 spiro atoms. The van der Waals surface area contributed by atoms with Crippen LogP contribution in [0.15, 0.2) is 60.8 Å². The molecule has 10 heteroatoms. The minimum atomic E-state index is -0.241. The maximum absolute atomic E-state index is 13.0. The molecule has 202 valence electrons. The number of anilines is 2. The number of carbonyl (C=O) groups excluding carboxylic acids is 1. The van der Waals surface area contributed by atoms with Gasteiger partial charge in [-0.25, -0.2) is 0 Å². The summed E-state index contributed by atoms with van der Waals surface area (Å²) < 4.78 is 10.8. The Labute approximate surface area is 237 Å². The van der Waals surface area contributed by atoms with Crippen LogP contribution < -0.4 is 19.7 Å². The van der Waals surface area contributed by atoms with E-state index in [0.717, 1.165) is 48.5 Å². The van der Waals surface area contributed by atoms with Gasteiger partial charge in [-0.15, -0.1) is 0 Å². The summed E-state index contributed by atoms with van der Waals surface area (Å²) in [6, 6.07) is 14.9. The van der Waals surface area contributed by atoms with Crippen LogP contribution in [0.5, 0.6) is 11.5 Å². The van der Waals surface area contributed by atoms with E-state index in [1.165, 1.54) is 14.2 Å². The van der Waals surface area contributed by atoms with E-state index in [9.17, 15) is 4.79 Å². The number of rotatable bonds is 7. The predicted octanol–water partition coefficient (Wildman–Crippen LogP) is 6.46. The molecule has 0 saturated carbocycles. The van der Waals surface area contributed by atoms with Crippen LogP contribution in [0.2, 0.25) is 10.0 Å². The van der Waals surface area contributed by atoms with E-state index in [-0.39, 0.29) is 5.91 Å². The molecule has 1 aliphatic heterocycles. The predicted molar refractivity (Wildman–Crippen MR) is 158 cm³/mol. The first kappa shape index (κ1) is 26.7. The fourth-order valence-corrected chi connectivity index (χ4v) is 5.48. The van der Waals surface area contributed by atoms with Crippen molar-refractivity contribution in [2.45, 2.75) is 6.92 Å². The van der Waals surface area contributed by atoms with Gasteiger partial charge in [0.1, 0.15) is 11.5 Å². The highest BCUT2D eigenvalue weighted by molar-refractivity contribution is 6.41. The van der Waals surface area contributed by atoms with E-state index in [2.05, 4.69) is 31.9 Å². The lowest BCUT2D eigenvalue weighted by Gasteiger charge is -2.37. The number of piperazine rings is 1. The number of halogens is 2. The van der Waals surface area contributed by atoms with E-state index in [4.69, 9.17) is 32.7 Å². The van der Waals surface area contributed by atoms with Crippen LogP contribution in [0.3, 0.4) is 0 Å². The number of benzene rings is 3. The van der Waals surface area contributed by atoms with Gasteiger partial charge < -0.3 is 24.6 Å². The maximum Gasteiger partial charge on any atom is 0.256 e. The first-order valence-corrected chi connectivity index (χ1v) is 13.2. The molecule has 1 amide bonds. The summed E-state index contributed by atoms with van der Waals surface area (Å²) in [5.41, 5.74) is 4.78. The third kappa shape index (κ3) is 5.22. The molecule has 0 bridgehead atoms. The fraction of sp³-hybridized carbons (Fsp3) is 0.241. The van der Waals surface area contributed by atoms with Crippen molar-refractivity contribution in [1.29, 1.82) is 0 Å². The van der Waals surface area contributed by atoms with Crippen LogP contribution in [0.25, 0.3) is 22.0 Å². The van der Waals surface area contributed by atoms with E-state index in [0.29, 0.717) is 44.0 Å². The summed E-state index contributed by atoms with van der Waals surface area (Å²) >= 11 is 13.2. The average molecular weight is 566 g/mol. The van der Waals surface area contributed by atoms with E-state index < -0.39 is 0 Å². The lowest BCUT2D eigenvalue weighted by atomic mass is 10.0. The topological polar surface area (TPSA) is 82.7 Å². The number of ether oxygens (including phenoxy) is 2. The summed E-state index contributed by atoms with van der Waals surface area (Å²) in [6.45, 7) is 9.78. The highest BCUT2D eigenvalue weighted by Crippen LogP contribution is 2.46. The maximum atomic E-state index is 13.0. The van der Waals surface area contributed by atoms with Gasteiger partial charge in [0, 0.05) is 60.1 Å². The molecule has 8 nitrogen and oxygen atoms in total. The second-order valence-electron chi connectivity index (χ2n) is 9.33. The number of hydrogen-bond acceptors (Lipinski definition) is 6. The monoisotopic (exact) mass is 565 g/mol. The largest absolute Gasteiger partial charge is 0.495 e. The first-order chi connectivity index (χ1) is 18.8. The number of H-pyrrole nitrogens is 1. The van der Waals surface area contributed by atoms with Gasteiger partial charge in [0.15, 0.2) is 5.82 Å². The van der Waals surface area contributed by atoms with Crippen LogP contribution >= 0.6 is 23.2 Å². The van der Waals surface area contributed by atoms with Gasteiger partial charge in [-0.2, -0.15) is 5.10 Å². The molecule has 1 aromatic heterocycles. The molecule has 0 atom stereocenters. The Morgan fingerprint density at radius 1 is 0.974 bits per heavy atom. The molecule has 4 aromatic rings. The third-order valence-corrected chi connectivity index (χ3v) is 7.72. The van der Waals surface area contributed by atoms with Crippen molar-refractivity contribution in [3.63, 3.8) is 0 Å². The Morgan fingerprint density at radius 3 is 2.21 bits per heavy atom. The minimum Gasteiger partial charge on any atom is -0.495 e. The second-order valence-corrected chi connectivity index (χ2v) is 10.1. The van der Waals surface area contributed by atoms with Gasteiger partial charge in [0.2, 0.25) is 0 Å². The minimum absolute atomic E-state index is 0.241. The van der Waals surface area contributed by atoms with Crippen LogP contribution in [0, 0.1) is 0 Å². The van der Waals surface area contributed by atoms with E-state index >= 15 is 0 Å². The molecular formula is C29H29Cl2N5O3. The molecule has 0 unspecified atom stereocenters. The molecule has 2 heterocycles. The Balaban J connectivity index is 1.33. The summed E-state index contributed by atoms with van der Waals surface area (Å²) in [7, 11) is 3.06. The van der Waals surface area contributed by atoms with Gasteiger partial charge >= 0.3 is 0 Å². The SMILES string of the molecule is C=C(C)N1CCN(c2ccc(C(=O)Nc3n[nH]c4cc(-c5c(Cl)c(OC)cc(OC)c5Cl)ccc34)cc2)CC1. The number of nitrogens with one attached hydrogen (secondary N) is 2. The molecular weight excluding hydrogens is 537 g/mol. The molecule has 2 N–H and O–H groups in total. The summed E-state index contributed by atoms with van der Waals surface area (Å²) in [5, 5.41) is 11.7. The van der Waals surface area contributed by atoms with E-state index in [1.807, 2.05) is 49.4 Å². The zero-order chi connectivity index (χ0) is 27.7. The van der Waals surface area contributed by atoms with Crippen molar-refractivity contribution in [3.05, 3.63) is 76.4 Å². The van der Waals surface area contributed by atoms with Gasteiger partial charge in [0.25, 0.3) is 5.91 Å². The van der Waals surface area contributed by atoms with Crippen LogP contribution in [0.4, 0.5) is 11.5 Å². The number of nitrogens with zero attached hydrogens (tertiary/aromatic N) is 3. The normalized spacial score (nSPS) is 13.5. The van der Waals surface area contributed by atoms with Crippen LogP contribution in [0.1, 0.15) is 17.3 Å². The number of aromatic nitrogens is 2. The number of carbonyl (C=O) groups is 1. The quantitative estimate of drug-likeness (QED) is 0.267. The number of hydrogen-bond donors (Lipinski definition) is 2. The van der Waals surface area contributed by atoms with Crippen molar-refractivity contribution in [1.82, 2.24) is 15.1 Å². The highest BCUT2D eigenvalue weighted by atomic mass is 35.5. The first-order valence-electron chi connectivity index (χ1n) is 12.5.